The van der Waals surface area contributed by atoms with Crippen molar-refractivity contribution >= 4 is 16.9 Å². The average molecular weight is 536 g/mol. The molecule has 3 fully saturated rings. The number of aryl methyl sites for hydroxylation is 2. The lowest BCUT2D eigenvalue weighted by Crippen LogP contribution is -2.49. The number of hydrogen-bond donors (Lipinski definition) is 0. The first-order valence-corrected chi connectivity index (χ1v) is 15.2. The number of nitrogens with zero attached hydrogens (tertiary/aromatic N) is 5. The quantitative estimate of drug-likeness (QED) is 0.299. The maximum atomic E-state index is 13.3. The molecule has 208 valence electrons. The van der Waals surface area contributed by atoms with Crippen molar-refractivity contribution in [1.29, 1.82) is 0 Å². The zero-order valence-corrected chi connectivity index (χ0v) is 23.9. The van der Waals surface area contributed by atoms with Gasteiger partial charge in [-0.25, -0.2) is 4.98 Å². The molecule has 7 rings (SSSR count). The van der Waals surface area contributed by atoms with Gasteiger partial charge in [0.25, 0.3) is 5.91 Å². The molecule has 3 aliphatic heterocycles. The number of rotatable bonds is 6. The van der Waals surface area contributed by atoms with E-state index in [0.29, 0.717) is 18.1 Å². The molecule has 2 aromatic carbocycles. The van der Waals surface area contributed by atoms with Crippen LogP contribution >= 0.6 is 0 Å². The van der Waals surface area contributed by atoms with Crippen LogP contribution in [0.15, 0.2) is 72.9 Å². The number of carbonyl (C=O) groups excluding carboxylic acids is 1. The summed E-state index contributed by atoms with van der Waals surface area (Å²) in [5, 5.41) is 0. The fourth-order valence-corrected chi connectivity index (χ4v) is 8.25. The second kappa shape index (κ2) is 10.2. The van der Waals surface area contributed by atoms with Crippen molar-refractivity contribution in [3.8, 4) is 0 Å². The summed E-state index contributed by atoms with van der Waals surface area (Å²) in [6, 6.07) is 25.5. The number of benzene rings is 2. The summed E-state index contributed by atoms with van der Waals surface area (Å²) in [4.78, 5) is 23.1. The van der Waals surface area contributed by atoms with E-state index in [9.17, 15) is 4.79 Å². The summed E-state index contributed by atoms with van der Waals surface area (Å²) in [5.41, 5.74) is 4.77. The van der Waals surface area contributed by atoms with E-state index in [1.807, 2.05) is 29.9 Å². The van der Waals surface area contributed by atoms with Gasteiger partial charge in [0, 0.05) is 44.5 Å². The number of likely N-dealkylation sites (tertiary alicyclic amines) is 1. The highest BCUT2D eigenvalue weighted by atomic mass is 16.2. The van der Waals surface area contributed by atoms with Gasteiger partial charge in [-0.2, -0.15) is 0 Å². The van der Waals surface area contributed by atoms with E-state index in [1.54, 1.807) is 0 Å². The third kappa shape index (κ3) is 4.37. The van der Waals surface area contributed by atoms with Gasteiger partial charge in [0.05, 0.1) is 11.0 Å². The first kappa shape index (κ1) is 25.6. The molecule has 0 spiro atoms. The SMILES string of the molecule is Cc1nc2ccccc2n1C1C[C@H]2CC[C@@H](C1)N2CCC1(c2ccccc2)CCN(C(=O)c2cccn2C)CC1. The average Bonchev–Trinajstić information content (AvgIpc) is 3.63. The van der Waals surface area contributed by atoms with Crippen LogP contribution < -0.4 is 0 Å². The van der Waals surface area contributed by atoms with E-state index in [0.717, 1.165) is 55.9 Å². The van der Waals surface area contributed by atoms with Gasteiger partial charge in [0.15, 0.2) is 0 Å². The molecular formula is C34H41N5O. The lowest BCUT2D eigenvalue weighted by Gasteiger charge is -2.45. The van der Waals surface area contributed by atoms with Crippen molar-refractivity contribution in [3.05, 3.63) is 90.0 Å². The molecule has 0 aliphatic carbocycles. The summed E-state index contributed by atoms with van der Waals surface area (Å²) in [5.74, 6) is 1.32. The van der Waals surface area contributed by atoms with Gasteiger partial charge in [0.1, 0.15) is 11.5 Å². The van der Waals surface area contributed by atoms with Gasteiger partial charge in [-0.1, -0.05) is 42.5 Å². The van der Waals surface area contributed by atoms with E-state index >= 15 is 0 Å². The number of amides is 1. The Kier molecular flexibility index (Phi) is 6.54. The third-order valence-corrected chi connectivity index (χ3v) is 10.4. The fraction of sp³-hybridized carbons (Fsp3) is 0.471. The largest absolute Gasteiger partial charge is 0.347 e. The Morgan fingerprint density at radius 2 is 1.60 bits per heavy atom. The zero-order chi connectivity index (χ0) is 27.3. The lowest BCUT2D eigenvalue weighted by atomic mass is 9.70. The summed E-state index contributed by atoms with van der Waals surface area (Å²) >= 11 is 0. The summed E-state index contributed by atoms with van der Waals surface area (Å²) < 4.78 is 4.47. The minimum atomic E-state index is 0.125. The second-order valence-electron chi connectivity index (χ2n) is 12.5. The van der Waals surface area contributed by atoms with Crippen LogP contribution in [0.2, 0.25) is 0 Å². The van der Waals surface area contributed by atoms with Crippen LogP contribution in [0.1, 0.15) is 72.9 Å². The van der Waals surface area contributed by atoms with Crippen molar-refractivity contribution < 1.29 is 4.79 Å². The Labute approximate surface area is 237 Å². The standard InChI is InChI=1S/C34H41N5O/c1-25-35-30-11-6-7-12-31(30)39(25)29-23-27-14-15-28(24-29)38(27)22-18-34(26-9-4-3-5-10-26)16-20-37(21-17-34)33(40)32-13-8-19-36(32)2/h3-13,19,27-29H,14-18,20-24H2,1-2H3/t27-,28+,29?. The first-order valence-electron chi connectivity index (χ1n) is 15.2. The predicted octanol–water partition coefficient (Wildman–Crippen LogP) is 6.12. The van der Waals surface area contributed by atoms with Crippen molar-refractivity contribution in [2.45, 2.75) is 75.4 Å². The van der Waals surface area contributed by atoms with Gasteiger partial charge >= 0.3 is 0 Å². The Morgan fingerprint density at radius 3 is 2.30 bits per heavy atom. The maximum absolute atomic E-state index is 13.3. The molecule has 40 heavy (non-hydrogen) atoms. The summed E-state index contributed by atoms with van der Waals surface area (Å²) in [6.07, 6.45) is 10.2. The first-order chi connectivity index (χ1) is 19.5. The fourth-order valence-electron chi connectivity index (χ4n) is 8.25. The number of imidazole rings is 1. The number of para-hydroxylation sites is 2. The molecule has 2 aromatic heterocycles. The molecule has 2 bridgehead atoms. The summed E-state index contributed by atoms with van der Waals surface area (Å²) in [7, 11) is 1.96. The van der Waals surface area contributed by atoms with Crippen molar-refractivity contribution in [3.63, 3.8) is 0 Å². The maximum Gasteiger partial charge on any atom is 0.270 e. The minimum absolute atomic E-state index is 0.125. The lowest BCUT2D eigenvalue weighted by molar-refractivity contribution is 0.0599. The van der Waals surface area contributed by atoms with Crippen LogP contribution in [0, 0.1) is 6.92 Å². The zero-order valence-electron chi connectivity index (χ0n) is 23.9. The van der Waals surface area contributed by atoms with Gasteiger partial charge in [-0.05, 0) is 93.7 Å². The van der Waals surface area contributed by atoms with Crippen LogP contribution in [0.25, 0.3) is 11.0 Å². The highest BCUT2D eigenvalue weighted by molar-refractivity contribution is 5.92. The molecule has 6 heteroatoms. The molecule has 4 aromatic rings. The Bertz CT molecular complexity index is 1480. The van der Waals surface area contributed by atoms with Crippen molar-refractivity contribution in [2.24, 2.45) is 7.05 Å². The minimum Gasteiger partial charge on any atom is -0.347 e. The normalized spacial score (nSPS) is 24.6. The van der Waals surface area contributed by atoms with Crippen LogP contribution in [0.3, 0.4) is 0 Å². The van der Waals surface area contributed by atoms with E-state index < -0.39 is 0 Å². The second-order valence-corrected chi connectivity index (χ2v) is 12.5. The molecular weight excluding hydrogens is 494 g/mol. The Balaban J connectivity index is 1.07. The van der Waals surface area contributed by atoms with Gasteiger partial charge in [0.2, 0.25) is 0 Å². The Morgan fingerprint density at radius 1 is 0.900 bits per heavy atom. The molecule has 5 heterocycles. The van der Waals surface area contributed by atoms with Crippen LogP contribution in [0.4, 0.5) is 0 Å². The number of piperidine rings is 2. The van der Waals surface area contributed by atoms with E-state index in [4.69, 9.17) is 4.98 Å². The highest BCUT2D eigenvalue weighted by Gasteiger charge is 2.44. The molecule has 3 atom stereocenters. The van der Waals surface area contributed by atoms with E-state index in [-0.39, 0.29) is 11.3 Å². The third-order valence-electron chi connectivity index (χ3n) is 10.4. The van der Waals surface area contributed by atoms with Crippen LogP contribution in [-0.4, -0.2) is 61.5 Å². The molecule has 0 radical (unpaired) electrons. The number of aromatic nitrogens is 3. The molecule has 3 aliphatic rings. The number of carbonyl (C=O) groups is 1. The Hall–Kier alpha value is -3.38. The van der Waals surface area contributed by atoms with Crippen LogP contribution in [0.5, 0.6) is 0 Å². The molecule has 6 nitrogen and oxygen atoms in total. The van der Waals surface area contributed by atoms with Gasteiger partial charge in [-0.15, -0.1) is 0 Å². The molecule has 1 amide bonds. The van der Waals surface area contributed by atoms with Gasteiger partial charge < -0.3 is 14.0 Å². The van der Waals surface area contributed by atoms with E-state index in [1.165, 1.54) is 36.8 Å². The number of hydrogen-bond acceptors (Lipinski definition) is 3. The smallest absolute Gasteiger partial charge is 0.270 e. The molecule has 3 saturated heterocycles. The monoisotopic (exact) mass is 535 g/mol. The molecule has 0 N–H and O–H groups in total. The van der Waals surface area contributed by atoms with Crippen molar-refractivity contribution in [2.75, 3.05) is 19.6 Å². The highest BCUT2D eigenvalue weighted by Crippen LogP contribution is 2.45. The topological polar surface area (TPSA) is 46.3 Å². The number of fused-ring (bicyclic) bond motifs is 3. The van der Waals surface area contributed by atoms with Crippen molar-refractivity contribution in [1.82, 2.24) is 23.9 Å². The molecule has 1 unspecified atom stereocenters. The van der Waals surface area contributed by atoms with Crippen LogP contribution in [-0.2, 0) is 12.5 Å². The van der Waals surface area contributed by atoms with Gasteiger partial charge in [-0.3, -0.25) is 9.69 Å². The summed E-state index contributed by atoms with van der Waals surface area (Å²) in [6.45, 7) is 4.96. The van der Waals surface area contributed by atoms with E-state index in [2.05, 4.69) is 75.9 Å². The molecule has 0 saturated carbocycles. The predicted molar refractivity (Wildman–Crippen MR) is 160 cm³/mol.